The molecule has 126 valence electrons. The molecule has 4 nitrogen and oxygen atoms in total. The van der Waals surface area contributed by atoms with Crippen molar-refractivity contribution in [1.29, 1.82) is 0 Å². The molecule has 0 aromatic heterocycles. The number of nitrogens with one attached hydrogen (secondary N) is 3. The van der Waals surface area contributed by atoms with Crippen molar-refractivity contribution >= 4 is 17.1 Å². The molecule has 0 radical (unpaired) electrons. The Morgan fingerprint density at radius 1 is 0.957 bits per heavy atom. The second-order valence-electron chi connectivity index (χ2n) is 5.04. The van der Waals surface area contributed by atoms with Gasteiger partial charge in [-0.1, -0.05) is 18.2 Å². The van der Waals surface area contributed by atoms with E-state index in [1.165, 1.54) is 6.07 Å². The number of rotatable bonds is 7. The third-order valence-electron chi connectivity index (χ3n) is 3.24. The van der Waals surface area contributed by atoms with Crippen molar-refractivity contribution in [3.8, 4) is 0 Å². The van der Waals surface area contributed by atoms with Crippen molar-refractivity contribution in [1.82, 2.24) is 5.32 Å². The van der Waals surface area contributed by atoms with Gasteiger partial charge in [-0.3, -0.25) is 0 Å². The lowest BCUT2D eigenvalue weighted by Gasteiger charge is -2.14. The van der Waals surface area contributed by atoms with E-state index < -0.39 is 0 Å². The molecule has 5 heteroatoms. The Kier molecular flexibility index (Phi) is 8.72. The molecule has 0 aliphatic rings. The molecule has 0 amide bonds. The van der Waals surface area contributed by atoms with Crippen LogP contribution in [0.4, 0.5) is 21.5 Å². The SMILES string of the molecule is CNCCCNc1ccccc1Nc1ccc(C)cc1F.CO. The predicted octanol–water partition coefficient (Wildman–Crippen LogP) is 3.51. The maximum Gasteiger partial charge on any atom is 0.146 e. The molecule has 0 saturated carbocycles. The second kappa shape index (κ2) is 10.6. The minimum absolute atomic E-state index is 0.236. The van der Waals surface area contributed by atoms with Crippen LogP contribution in [0.1, 0.15) is 12.0 Å². The number of aliphatic hydroxyl groups is 1. The standard InChI is InChI=1S/C17H22FN3.CH4O/c1-13-8-9-15(14(18)12-13)21-17-7-4-3-6-16(17)20-11-5-10-19-2;1-2/h3-4,6-9,12,19-21H,5,10-11H2,1-2H3;2H,1H3. The van der Waals surface area contributed by atoms with Crippen molar-refractivity contribution in [2.45, 2.75) is 13.3 Å². The van der Waals surface area contributed by atoms with Crippen LogP contribution in [0.25, 0.3) is 0 Å². The van der Waals surface area contributed by atoms with E-state index in [-0.39, 0.29) is 5.82 Å². The highest BCUT2D eigenvalue weighted by Crippen LogP contribution is 2.27. The molecule has 0 spiro atoms. The van der Waals surface area contributed by atoms with Crippen molar-refractivity contribution in [2.24, 2.45) is 0 Å². The van der Waals surface area contributed by atoms with E-state index in [1.54, 1.807) is 6.07 Å². The minimum Gasteiger partial charge on any atom is -0.400 e. The van der Waals surface area contributed by atoms with Crippen molar-refractivity contribution < 1.29 is 9.50 Å². The summed E-state index contributed by atoms with van der Waals surface area (Å²) in [5.41, 5.74) is 3.26. The zero-order valence-corrected chi connectivity index (χ0v) is 14.0. The highest BCUT2D eigenvalue weighted by atomic mass is 19.1. The molecule has 0 fully saturated rings. The summed E-state index contributed by atoms with van der Waals surface area (Å²) in [5.74, 6) is -0.236. The molecule has 0 atom stereocenters. The normalized spacial score (nSPS) is 9.78. The van der Waals surface area contributed by atoms with Crippen LogP contribution >= 0.6 is 0 Å². The lowest BCUT2D eigenvalue weighted by atomic mass is 10.2. The van der Waals surface area contributed by atoms with Gasteiger partial charge in [-0.05, 0) is 56.8 Å². The van der Waals surface area contributed by atoms with Crippen LogP contribution < -0.4 is 16.0 Å². The molecule has 0 aliphatic heterocycles. The van der Waals surface area contributed by atoms with Crippen LogP contribution in [0.3, 0.4) is 0 Å². The molecule has 0 saturated heterocycles. The summed E-state index contributed by atoms with van der Waals surface area (Å²) in [7, 11) is 2.94. The molecule has 4 N–H and O–H groups in total. The summed E-state index contributed by atoms with van der Waals surface area (Å²) in [4.78, 5) is 0. The van der Waals surface area contributed by atoms with E-state index in [2.05, 4.69) is 16.0 Å². The van der Waals surface area contributed by atoms with Gasteiger partial charge in [0.25, 0.3) is 0 Å². The van der Waals surface area contributed by atoms with Crippen molar-refractivity contribution in [3.05, 3.63) is 53.8 Å². The summed E-state index contributed by atoms with van der Waals surface area (Å²) in [6.45, 7) is 3.72. The molecule has 23 heavy (non-hydrogen) atoms. The van der Waals surface area contributed by atoms with Gasteiger partial charge in [0.2, 0.25) is 0 Å². The van der Waals surface area contributed by atoms with Crippen molar-refractivity contribution in [2.75, 3.05) is 37.9 Å². The van der Waals surface area contributed by atoms with Gasteiger partial charge in [-0.25, -0.2) is 4.39 Å². The molecular formula is C18H26FN3O. The Balaban J connectivity index is 0.00000127. The fourth-order valence-corrected chi connectivity index (χ4v) is 2.10. The lowest BCUT2D eigenvalue weighted by molar-refractivity contribution is 0.399. The third-order valence-corrected chi connectivity index (χ3v) is 3.24. The first kappa shape index (κ1) is 18.9. The zero-order valence-electron chi connectivity index (χ0n) is 14.0. The first-order valence-corrected chi connectivity index (χ1v) is 7.66. The van der Waals surface area contributed by atoms with Crippen LogP contribution in [0.2, 0.25) is 0 Å². The topological polar surface area (TPSA) is 56.3 Å². The molecular weight excluding hydrogens is 293 g/mol. The maximum absolute atomic E-state index is 13.9. The quantitative estimate of drug-likeness (QED) is 0.590. The van der Waals surface area contributed by atoms with E-state index in [4.69, 9.17) is 5.11 Å². The first-order valence-electron chi connectivity index (χ1n) is 7.66. The van der Waals surface area contributed by atoms with E-state index in [0.717, 1.165) is 43.6 Å². The van der Waals surface area contributed by atoms with Gasteiger partial charge < -0.3 is 21.1 Å². The lowest BCUT2D eigenvalue weighted by Crippen LogP contribution is -2.13. The fraction of sp³-hybridized carbons (Fsp3) is 0.333. The molecule has 0 aliphatic carbocycles. The molecule has 0 unspecified atom stereocenters. The first-order chi connectivity index (χ1) is 11.2. The number of aryl methyl sites for hydroxylation is 1. The number of hydrogen-bond acceptors (Lipinski definition) is 4. The summed E-state index contributed by atoms with van der Waals surface area (Å²) in [6, 6.07) is 13.0. The number of benzene rings is 2. The summed E-state index contributed by atoms with van der Waals surface area (Å²) < 4.78 is 13.9. The average molecular weight is 319 g/mol. The Labute approximate surface area is 137 Å². The second-order valence-corrected chi connectivity index (χ2v) is 5.04. The van der Waals surface area contributed by atoms with Crippen LogP contribution in [0.5, 0.6) is 0 Å². The number of para-hydroxylation sites is 2. The summed E-state index contributed by atoms with van der Waals surface area (Å²) in [6.07, 6.45) is 1.03. The minimum atomic E-state index is -0.236. The Morgan fingerprint density at radius 2 is 1.65 bits per heavy atom. The largest absolute Gasteiger partial charge is 0.400 e. The number of hydrogen-bond donors (Lipinski definition) is 4. The summed E-state index contributed by atoms with van der Waals surface area (Å²) in [5, 5.41) is 16.6. The fourth-order valence-electron chi connectivity index (χ4n) is 2.10. The van der Waals surface area contributed by atoms with Crippen LogP contribution in [0, 0.1) is 12.7 Å². The zero-order chi connectivity index (χ0) is 17.1. The Hall–Kier alpha value is -2.11. The van der Waals surface area contributed by atoms with Gasteiger partial charge in [-0.15, -0.1) is 0 Å². The van der Waals surface area contributed by atoms with Crippen LogP contribution in [-0.2, 0) is 0 Å². The molecule has 0 heterocycles. The highest BCUT2D eigenvalue weighted by molar-refractivity contribution is 5.74. The average Bonchev–Trinajstić information content (AvgIpc) is 2.57. The monoisotopic (exact) mass is 319 g/mol. The van der Waals surface area contributed by atoms with Crippen molar-refractivity contribution in [3.63, 3.8) is 0 Å². The van der Waals surface area contributed by atoms with Gasteiger partial charge in [0, 0.05) is 13.7 Å². The Bertz CT molecular complexity index is 590. The van der Waals surface area contributed by atoms with Crippen LogP contribution in [-0.4, -0.2) is 32.4 Å². The van der Waals surface area contributed by atoms with E-state index in [0.29, 0.717) is 5.69 Å². The highest BCUT2D eigenvalue weighted by Gasteiger charge is 2.05. The smallest absolute Gasteiger partial charge is 0.146 e. The summed E-state index contributed by atoms with van der Waals surface area (Å²) >= 11 is 0. The molecule has 2 aromatic carbocycles. The number of aliphatic hydroxyl groups excluding tert-OH is 1. The van der Waals surface area contributed by atoms with Gasteiger partial charge >= 0.3 is 0 Å². The van der Waals surface area contributed by atoms with Gasteiger partial charge in [0.1, 0.15) is 5.82 Å². The molecule has 2 rings (SSSR count). The van der Waals surface area contributed by atoms with E-state index in [9.17, 15) is 4.39 Å². The Morgan fingerprint density at radius 3 is 2.30 bits per heavy atom. The van der Waals surface area contributed by atoms with E-state index >= 15 is 0 Å². The number of halogens is 1. The predicted molar refractivity (Wildman–Crippen MR) is 96.0 cm³/mol. The van der Waals surface area contributed by atoms with Crippen LogP contribution in [0.15, 0.2) is 42.5 Å². The number of anilines is 3. The maximum atomic E-state index is 13.9. The third kappa shape index (κ3) is 6.26. The molecule has 2 aromatic rings. The van der Waals surface area contributed by atoms with E-state index in [1.807, 2.05) is 44.3 Å². The van der Waals surface area contributed by atoms with Gasteiger partial charge in [0.15, 0.2) is 0 Å². The molecule has 0 bridgehead atoms. The van der Waals surface area contributed by atoms with Gasteiger partial charge in [-0.2, -0.15) is 0 Å². The van der Waals surface area contributed by atoms with Gasteiger partial charge in [0.05, 0.1) is 17.1 Å².